The molecule has 1 amide bonds. The van der Waals surface area contributed by atoms with Crippen molar-refractivity contribution in [3.05, 3.63) is 56.7 Å². The smallest absolute Gasteiger partial charge is 0.258 e. The highest BCUT2D eigenvalue weighted by Gasteiger charge is 2.27. The summed E-state index contributed by atoms with van der Waals surface area (Å²) in [5, 5.41) is 5.78. The number of nitrogens with one attached hydrogen (secondary N) is 1. The van der Waals surface area contributed by atoms with Gasteiger partial charge in [-0.05, 0) is 54.7 Å². The quantitative estimate of drug-likeness (QED) is 0.788. The van der Waals surface area contributed by atoms with Gasteiger partial charge in [-0.15, -0.1) is 11.3 Å². The Morgan fingerprint density at radius 3 is 2.95 bits per heavy atom. The van der Waals surface area contributed by atoms with Crippen LogP contribution < -0.4 is 5.32 Å². The first-order chi connectivity index (χ1) is 10.6. The van der Waals surface area contributed by atoms with Crippen molar-refractivity contribution in [3.63, 3.8) is 0 Å². The third-order valence-electron chi connectivity index (χ3n) is 3.88. The lowest BCUT2D eigenvalue weighted by Crippen LogP contribution is -2.46. The Morgan fingerprint density at radius 2 is 2.18 bits per heavy atom. The summed E-state index contributed by atoms with van der Waals surface area (Å²) < 4.78 is 0. The van der Waals surface area contributed by atoms with E-state index < -0.39 is 0 Å². The van der Waals surface area contributed by atoms with E-state index in [1.165, 1.54) is 10.4 Å². The van der Waals surface area contributed by atoms with Crippen molar-refractivity contribution >= 4 is 46.2 Å². The standard InChI is InChI=1S/C16H15ClN2OS2/c1-10-11-7-9-22-14(11)6-8-19(10)16(21)18-15(20)12-4-2-3-5-13(12)17/h2-5,7,9-10H,6,8H2,1H3,(H,18,20,21). The normalized spacial score (nSPS) is 17.0. The first kappa shape index (κ1) is 15.5. The molecule has 0 saturated heterocycles. The van der Waals surface area contributed by atoms with Crippen LogP contribution in [0.5, 0.6) is 0 Å². The number of nitrogens with zero attached hydrogens (tertiary/aromatic N) is 1. The van der Waals surface area contributed by atoms with Crippen LogP contribution in [0.25, 0.3) is 0 Å². The molecule has 0 aliphatic carbocycles. The van der Waals surface area contributed by atoms with Crippen molar-refractivity contribution in [1.29, 1.82) is 0 Å². The summed E-state index contributed by atoms with van der Waals surface area (Å²) in [6, 6.07) is 9.27. The zero-order valence-corrected chi connectivity index (χ0v) is 14.4. The summed E-state index contributed by atoms with van der Waals surface area (Å²) in [6.45, 7) is 2.93. The molecule has 1 aliphatic heterocycles. The topological polar surface area (TPSA) is 32.3 Å². The van der Waals surface area contributed by atoms with Crippen LogP contribution in [0, 0.1) is 0 Å². The van der Waals surface area contributed by atoms with Gasteiger partial charge in [0.05, 0.1) is 16.6 Å². The molecular weight excluding hydrogens is 336 g/mol. The summed E-state index contributed by atoms with van der Waals surface area (Å²) in [4.78, 5) is 15.8. The molecule has 0 radical (unpaired) electrons. The van der Waals surface area contributed by atoms with E-state index in [4.69, 9.17) is 23.8 Å². The molecule has 0 saturated carbocycles. The maximum atomic E-state index is 12.3. The van der Waals surface area contributed by atoms with Crippen LogP contribution in [-0.2, 0) is 6.42 Å². The highest BCUT2D eigenvalue weighted by atomic mass is 35.5. The van der Waals surface area contributed by atoms with Gasteiger partial charge in [-0.1, -0.05) is 23.7 Å². The number of hydrogen-bond donors (Lipinski definition) is 1. The molecule has 22 heavy (non-hydrogen) atoms. The summed E-state index contributed by atoms with van der Waals surface area (Å²) in [7, 11) is 0. The monoisotopic (exact) mass is 350 g/mol. The molecule has 1 aromatic heterocycles. The van der Waals surface area contributed by atoms with Crippen molar-refractivity contribution in [2.24, 2.45) is 0 Å². The van der Waals surface area contributed by atoms with Crippen LogP contribution in [0.2, 0.25) is 5.02 Å². The highest BCUT2D eigenvalue weighted by molar-refractivity contribution is 7.80. The van der Waals surface area contributed by atoms with E-state index in [9.17, 15) is 4.79 Å². The molecular formula is C16H15ClN2OS2. The number of halogens is 1. The van der Waals surface area contributed by atoms with Gasteiger partial charge in [0.1, 0.15) is 0 Å². The highest BCUT2D eigenvalue weighted by Crippen LogP contribution is 2.32. The molecule has 1 aromatic carbocycles. The minimum Gasteiger partial charge on any atom is -0.342 e. The summed E-state index contributed by atoms with van der Waals surface area (Å²) in [6.07, 6.45) is 0.958. The Bertz CT molecular complexity index is 728. The Morgan fingerprint density at radius 1 is 1.41 bits per heavy atom. The number of carbonyl (C=O) groups excluding carboxylic acids is 1. The van der Waals surface area contributed by atoms with Crippen LogP contribution >= 0.6 is 35.2 Å². The first-order valence-electron chi connectivity index (χ1n) is 7.00. The fourth-order valence-electron chi connectivity index (χ4n) is 2.67. The van der Waals surface area contributed by atoms with Crippen LogP contribution in [-0.4, -0.2) is 22.5 Å². The van der Waals surface area contributed by atoms with E-state index in [1.807, 2.05) is 0 Å². The van der Waals surface area contributed by atoms with Crippen molar-refractivity contribution in [3.8, 4) is 0 Å². The van der Waals surface area contributed by atoms with E-state index in [2.05, 4.69) is 28.6 Å². The second-order valence-corrected chi connectivity index (χ2v) is 6.95. The number of thiophene rings is 1. The molecule has 3 rings (SSSR count). The predicted octanol–water partition coefficient (Wildman–Crippen LogP) is 4.04. The fraction of sp³-hybridized carbons (Fsp3) is 0.250. The Labute approximate surface area is 143 Å². The van der Waals surface area contributed by atoms with Crippen molar-refractivity contribution in [2.45, 2.75) is 19.4 Å². The zero-order valence-electron chi connectivity index (χ0n) is 12.0. The third-order valence-corrected chi connectivity index (χ3v) is 5.54. The molecule has 1 unspecified atom stereocenters. The van der Waals surface area contributed by atoms with E-state index >= 15 is 0 Å². The van der Waals surface area contributed by atoms with Gasteiger partial charge in [0.2, 0.25) is 0 Å². The number of amides is 1. The van der Waals surface area contributed by atoms with Gasteiger partial charge in [0, 0.05) is 11.4 Å². The lowest BCUT2D eigenvalue weighted by atomic mass is 10.0. The van der Waals surface area contributed by atoms with Crippen LogP contribution in [0.4, 0.5) is 0 Å². The van der Waals surface area contributed by atoms with Gasteiger partial charge in [0.25, 0.3) is 5.91 Å². The SMILES string of the molecule is CC1c2ccsc2CCN1C(=S)NC(=O)c1ccccc1Cl. The number of thiocarbonyl (C=S) groups is 1. The van der Waals surface area contributed by atoms with Crippen LogP contribution in [0.3, 0.4) is 0 Å². The summed E-state index contributed by atoms with van der Waals surface area (Å²) >= 11 is 13.3. The van der Waals surface area contributed by atoms with Gasteiger partial charge in [0.15, 0.2) is 5.11 Å². The van der Waals surface area contributed by atoms with E-state index in [1.54, 1.807) is 35.6 Å². The number of benzene rings is 1. The maximum absolute atomic E-state index is 12.3. The molecule has 2 aromatic rings. The van der Waals surface area contributed by atoms with Gasteiger partial charge < -0.3 is 4.90 Å². The molecule has 1 N–H and O–H groups in total. The van der Waals surface area contributed by atoms with Crippen LogP contribution in [0.15, 0.2) is 35.7 Å². The number of hydrogen-bond acceptors (Lipinski definition) is 3. The number of rotatable bonds is 1. The Kier molecular flexibility index (Phi) is 4.47. The lowest BCUT2D eigenvalue weighted by Gasteiger charge is -2.35. The van der Waals surface area contributed by atoms with Gasteiger partial charge in [-0.2, -0.15) is 0 Å². The van der Waals surface area contributed by atoms with Crippen molar-refractivity contribution in [1.82, 2.24) is 10.2 Å². The minimum atomic E-state index is -0.265. The Hall–Kier alpha value is -1.43. The molecule has 6 heteroatoms. The van der Waals surface area contributed by atoms with Gasteiger partial charge in [-0.3, -0.25) is 10.1 Å². The molecule has 1 atom stereocenters. The number of carbonyl (C=O) groups is 1. The molecule has 0 spiro atoms. The largest absolute Gasteiger partial charge is 0.342 e. The van der Waals surface area contributed by atoms with E-state index in [0.717, 1.165) is 13.0 Å². The molecule has 2 heterocycles. The maximum Gasteiger partial charge on any atom is 0.258 e. The predicted molar refractivity (Wildman–Crippen MR) is 94.7 cm³/mol. The third kappa shape index (κ3) is 2.89. The van der Waals surface area contributed by atoms with Gasteiger partial charge in [-0.25, -0.2) is 0 Å². The first-order valence-corrected chi connectivity index (χ1v) is 8.67. The number of fused-ring (bicyclic) bond motifs is 1. The van der Waals surface area contributed by atoms with Crippen molar-refractivity contribution in [2.75, 3.05) is 6.54 Å². The molecule has 1 aliphatic rings. The minimum absolute atomic E-state index is 0.175. The van der Waals surface area contributed by atoms with E-state index in [-0.39, 0.29) is 11.9 Å². The molecule has 114 valence electrons. The average Bonchev–Trinajstić information content (AvgIpc) is 2.97. The lowest BCUT2D eigenvalue weighted by molar-refractivity contribution is 0.0971. The van der Waals surface area contributed by atoms with Gasteiger partial charge >= 0.3 is 0 Å². The van der Waals surface area contributed by atoms with E-state index in [0.29, 0.717) is 15.7 Å². The molecule has 3 nitrogen and oxygen atoms in total. The fourth-order valence-corrected chi connectivity index (χ4v) is 4.19. The summed E-state index contributed by atoms with van der Waals surface area (Å²) in [5.41, 5.74) is 1.73. The Balaban J connectivity index is 1.73. The second kappa shape index (κ2) is 6.36. The summed E-state index contributed by atoms with van der Waals surface area (Å²) in [5.74, 6) is -0.265. The zero-order chi connectivity index (χ0) is 15.7. The van der Waals surface area contributed by atoms with Crippen molar-refractivity contribution < 1.29 is 4.79 Å². The van der Waals surface area contributed by atoms with Crippen LogP contribution in [0.1, 0.15) is 33.8 Å². The molecule has 0 bridgehead atoms. The molecule has 0 fully saturated rings. The second-order valence-electron chi connectivity index (χ2n) is 5.16. The average molecular weight is 351 g/mol.